The van der Waals surface area contributed by atoms with Gasteiger partial charge in [-0.1, -0.05) is 7.40 Å². The van der Waals surface area contributed by atoms with Crippen LogP contribution < -0.4 is 5.32 Å². The number of hydrogen-bond donors (Lipinski definition) is 1. The van der Waals surface area contributed by atoms with E-state index in [9.17, 15) is 9.59 Å². The van der Waals surface area contributed by atoms with Crippen LogP contribution in [0.4, 0.5) is 0 Å². The number of thioether (sulfide) groups is 1. The number of carbonyl (C=O) groups excluding carboxylic acids is 2. The van der Waals surface area contributed by atoms with E-state index >= 15 is 0 Å². The van der Waals surface area contributed by atoms with Crippen molar-refractivity contribution in [3.05, 3.63) is 0 Å². The van der Waals surface area contributed by atoms with Crippen molar-refractivity contribution in [3.63, 3.8) is 0 Å². The second-order valence-electron chi connectivity index (χ2n) is 24.6. The molecule has 1 N–H and O–H groups in total. The van der Waals surface area contributed by atoms with Gasteiger partial charge >= 0.3 is 0 Å². The number of hydrogen-bond acceptors (Lipinski definition) is 39. The molecule has 0 unspecified atom stereocenters. The molecular weight excluding hydrogens is 1630 g/mol. The van der Waals surface area contributed by atoms with Gasteiger partial charge < -0.3 is 176 Å². The van der Waals surface area contributed by atoms with Gasteiger partial charge in [-0.2, -0.15) is 11.8 Å². The third-order valence-corrected chi connectivity index (χ3v) is 15.3. The van der Waals surface area contributed by atoms with E-state index in [1.165, 1.54) is 7.40 Å². The molecule has 0 aliphatic rings. The molecule has 0 fully saturated rings. The van der Waals surface area contributed by atoms with Crippen molar-refractivity contribution >= 4 is 23.5 Å². The predicted molar refractivity (Wildman–Crippen MR) is 448 cm³/mol. The molecule has 0 aliphatic heterocycles. The largest absolute Gasteiger partial charge is 0.379 e. The topological polar surface area (TPSA) is 378 Å². The van der Waals surface area contributed by atoms with Crippen molar-refractivity contribution in [2.24, 2.45) is 0 Å². The Morgan fingerprint density at radius 3 is 0.380 bits per heavy atom. The molecule has 726 valence electrons. The van der Waals surface area contributed by atoms with Crippen LogP contribution in [0, 0.1) is 0 Å². The number of ketones is 1. The molecule has 0 radical (unpaired) electrons. The molecule has 0 bridgehead atoms. The summed E-state index contributed by atoms with van der Waals surface area (Å²) in [6.45, 7) is 36.4. The molecule has 121 heavy (non-hydrogen) atoms. The third kappa shape index (κ3) is 118. The minimum atomic E-state index is 0.0505. The van der Waals surface area contributed by atoms with Gasteiger partial charge in [0.15, 0.2) is 0 Å². The summed E-state index contributed by atoms with van der Waals surface area (Å²) < 4.78 is 204. The Morgan fingerprint density at radius 1 is 0.182 bits per heavy atom. The lowest BCUT2D eigenvalue weighted by Gasteiger charge is -2.09. The van der Waals surface area contributed by atoms with E-state index in [4.69, 9.17) is 172 Å². The van der Waals surface area contributed by atoms with Gasteiger partial charge in [0.2, 0.25) is 5.91 Å². The first-order valence-corrected chi connectivity index (χ1v) is 44.1. The van der Waals surface area contributed by atoms with E-state index in [0.717, 1.165) is 5.75 Å². The van der Waals surface area contributed by atoms with E-state index < -0.39 is 0 Å². The van der Waals surface area contributed by atoms with Gasteiger partial charge in [-0.05, 0) is 13.2 Å². The standard InChI is InChI=1S/C80H159NO38S.CH4/c1-79(82)3-6-84-8-10-86-12-14-88-16-18-90-20-22-92-24-26-94-28-30-96-32-34-98-36-38-100-40-42-102-44-46-104-48-50-106-52-54-108-56-58-110-60-62-112-64-66-114-68-70-116-72-74-118-76-77-119-75-73-117-71-69-115-67-65-113-63-61-111-59-57-109-55-53-107-51-49-105-47-45-103-43-41-101-39-37-99-35-33-97-31-29-95-27-25-93-23-21-91-19-17-89-15-13-87-11-9-85-7-5-81-80(83)4-78-120-2;/h3-78H2,1-2H3,(H,81,83);1H4/i;1D. The fourth-order valence-electron chi connectivity index (χ4n) is 8.56. The number of Topliss-reactive ketones (excluding diaryl/α,β-unsaturated/α-hetero) is 1. The van der Waals surface area contributed by atoms with Crippen LogP contribution in [0.5, 0.6) is 0 Å². The maximum absolute atomic E-state index is 11.5. The number of amides is 1. The van der Waals surface area contributed by atoms with Gasteiger partial charge in [-0.3, -0.25) is 9.59 Å². The van der Waals surface area contributed by atoms with Crippen LogP contribution in [0.3, 0.4) is 0 Å². The summed E-state index contributed by atoms with van der Waals surface area (Å²) >= 11 is 1.65. The Balaban J connectivity index is 0. The van der Waals surface area contributed by atoms with Crippen LogP contribution in [0.15, 0.2) is 0 Å². The first kappa shape index (κ1) is 119. The first-order chi connectivity index (χ1) is 60.7. The molecule has 0 saturated heterocycles. The molecular formula is C81H163NO38S. The molecule has 0 atom stereocenters. The van der Waals surface area contributed by atoms with Gasteiger partial charge in [-0.25, -0.2) is 0 Å². The van der Waals surface area contributed by atoms with Gasteiger partial charge in [0, 0.05) is 26.5 Å². The second-order valence-corrected chi connectivity index (χ2v) is 25.6. The number of ether oxygens (including phenoxy) is 36. The monoisotopic (exact) mass is 1790 g/mol. The fourth-order valence-corrected chi connectivity index (χ4v) is 8.95. The quantitative estimate of drug-likeness (QED) is 0.0852. The lowest BCUT2D eigenvalue weighted by atomic mass is 10.3. The zero-order chi connectivity index (χ0) is 87.8. The van der Waals surface area contributed by atoms with Crippen molar-refractivity contribution in [2.75, 3.05) is 494 Å². The predicted octanol–water partition coefficient (Wildman–Crippen LogP) is 2.07. The van der Waals surface area contributed by atoms with E-state index in [2.05, 4.69) is 5.32 Å². The molecule has 1 amide bonds. The van der Waals surface area contributed by atoms with Gasteiger partial charge in [-0.15, -0.1) is 0 Å². The van der Waals surface area contributed by atoms with Crippen molar-refractivity contribution < 1.29 is 181 Å². The molecule has 39 nitrogen and oxygen atoms in total. The van der Waals surface area contributed by atoms with Crippen molar-refractivity contribution in [2.45, 2.75) is 27.2 Å². The summed E-state index contributed by atoms with van der Waals surface area (Å²) in [5, 5.41) is 2.82. The van der Waals surface area contributed by atoms with E-state index in [1.54, 1.807) is 18.7 Å². The highest BCUT2D eigenvalue weighted by Gasteiger charge is 2.06. The minimum absolute atomic E-state index is 0.0505. The molecule has 0 aliphatic carbocycles. The van der Waals surface area contributed by atoms with Crippen molar-refractivity contribution in [3.8, 4) is 0 Å². The lowest BCUT2D eigenvalue weighted by Crippen LogP contribution is -2.27. The summed E-state index contributed by atoms with van der Waals surface area (Å²) in [6, 6.07) is 0. The summed E-state index contributed by atoms with van der Waals surface area (Å²) in [5.41, 5.74) is 0. The number of rotatable bonds is 114. The summed E-state index contributed by atoms with van der Waals surface area (Å²) in [6.07, 6.45) is 2.94. The lowest BCUT2D eigenvalue weighted by molar-refractivity contribution is -0.121. The molecule has 0 aromatic carbocycles. The Kier molecular flexibility index (Phi) is 114. The highest BCUT2D eigenvalue weighted by atomic mass is 32.2. The van der Waals surface area contributed by atoms with Gasteiger partial charge in [0.25, 0.3) is 0 Å². The molecule has 0 aromatic heterocycles. The van der Waals surface area contributed by atoms with Crippen LogP contribution in [0.1, 0.15) is 28.5 Å². The average Bonchev–Trinajstić information content (AvgIpc) is 1.06. The van der Waals surface area contributed by atoms with Crippen molar-refractivity contribution in [1.29, 1.82) is 0 Å². The minimum Gasteiger partial charge on any atom is -0.379 e. The second kappa shape index (κ2) is 116. The van der Waals surface area contributed by atoms with Gasteiger partial charge in [0.1, 0.15) is 5.78 Å². The zero-order valence-corrected chi connectivity index (χ0v) is 75.0. The smallest absolute Gasteiger partial charge is 0.220 e. The summed E-state index contributed by atoms with van der Waals surface area (Å²) in [4.78, 5) is 22.3. The fraction of sp³-hybridized carbons (Fsp3) is 0.975. The van der Waals surface area contributed by atoms with Crippen LogP contribution in [-0.4, -0.2) is 506 Å². The van der Waals surface area contributed by atoms with Crippen molar-refractivity contribution in [1.82, 2.24) is 5.32 Å². The first-order valence-electron chi connectivity index (χ1n) is 43.7. The molecule has 0 saturated carbocycles. The number of nitrogens with one attached hydrogen (secondary N) is 1. The van der Waals surface area contributed by atoms with E-state index in [-0.39, 0.29) is 11.7 Å². The molecule has 0 rings (SSSR count). The molecule has 0 aromatic rings. The van der Waals surface area contributed by atoms with Crippen LogP contribution >= 0.6 is 11.8 Å². The highest BCUT2D eigenvalue weighted by molar-refractivity contribution is 7.98. The van der Waals surface area contributed by atoms with Crippen LogP contribution in [-0.2, 0) is 180 Å². The Bertz CT molecular complexity index is 1840. The van der Waals surface area contributed by atoms with Gasteiger partial charge in [0.05, 0.1) is 476 Å². The van der Waals surface area contributed by atoms with E-state index in [0.29, 0.717) is 495 Å². The number of carbonyl (C=O) groups is 2. The maximum atomic E-state index is 11.5. The normalized spacial score (nSPS) is 11.7. The maximum Gasteiger partial charge on any atom is 0.220 e. The Hall–Kier alpha value is -1.95. The molecule has 40 heteroatoms. The Morgan fingerprint density at radius 2 is 0.281 bits per heavy atom. The summed E-state index contributed by atoms with van der Waals surface area (Å²) in [7, 11) is 1.25. The zero-order valence-electron chi connectivity index (χ0n) is 75.2. The Labute approximate surface area is 728 Å². The van der Waals surface area contributed by atoms with Crippen LogP contribution in [0.25, 0.3) is 0 Å². The molecule has 0 spiro atoms. The van der Waals surface area contributed by atoms with Crippen LogP contribution in [0.2, 0.25) is 0 Å². The average molecular weight is 1790 g/mol. The van der Waals surface area contributed by atoms with E-state index in [1.807, 2.05) is 6.26 Å². The summed E-state index contributed by atoms with van der Waals surface area (Å²) in [5.74, 6) is 0.992. The molecule has 0 heterocycles. The highest BCUT2D eigenvalue weighted by Crippen LogP contribution is 1.97. The SMILES string of the molecule is CSCCC(=O)NCCOCCOCCOCCOCCOCCOCCOCCOCCOCCOCCOCCOCCOCCOCCOCCOCCOCCOCCOCCOCCOCCOCCOCCOCCOCCOCCOCCOCCOCCOCCOCCOCCOCCOCCOCCOCCC(C)=O.[2H]C. The third-order valence-electron chi connectivity index (χ3n) is 14.7.